The molecule has 2 saturated heterocycles. The number of fused-ring (bicyclic) bond motifs is 1. The van der Waals surface area contributed by atoms with Crippen LogP contribution in [-0.4, -0.2) is 58.4 Å². The molecule has 2 aliphatic rings. The predicted octanol–water partition coefficient (Wildman–Crippen LogP) is -1.65. The monoisotopic (exact) mass is 204 g/mol. The lowest BCUT2D eigenvalue weighted by Crippen LogP contribution is -2.48. The maximum Gasteiger partial charge on any atom is 0.306 e. The van der Waals surface area contributed by atoms with Crippen molar-refractivity contribution in [1.82, 2.24) is 0 Å². The smallest absolute Gasteiger partial charge is 0.306 e. The fourth-order valence-corrected chi connectivity index (χ4v) is 2.12. The van der Waals surface area contributed by atoms with Gasteiger partial charge in [-0.05, 0) is 0 Å². The zero-order valence-corrected chi connectivity index (χ0v) is 7.42. The molecular formula is C8H12O6. The van der Waals surface area contributed by atoms with Gasteiger partial charge in [0.2, 0.25) is 0 Å². The second-order valence-corrected chi connectivity index (χ2v) is 3.67. The van der Waals surface area contributed by atoms with Crippen molar-refractivity contribution in [2.24, 2.45) is 0 Å². The molecule has 0 aliphatic carbocycles. The highest BCUT2D eigenvalue weighted by atomic mass is 16.6. The van der Waals surface area contributed by atoms with Crippen molar-refractivity contribution in [2.45, 2.75) is 30.3 Å². The molecular weight excluding hydrogens is 192 g/mol. The van der Waals surface area contributed by atoms with Gasteiger partial charge in [-0.2, -0.15) is 0 Å². The number of carbonyl (C=O) groups is 1. The molecule has 0 amide bonds. The van der Waals surface area contributed by atoms with Gasteiger partial charge < -0.3 is 24.8 Å². The molecule has 2 aliphatic heterocycles. The van der Waals surface area contributed by atoms with Crippen LogP contribution < -0.4 is 0 Å². The van der Waals surface area contributed by atoms with Crippen molar-refractivity contribution >= 4 is 5.97 Å². The summed E-state index contributed by atoms with van der Waals surface area (Å²) in [4.78, 5) is 10.6. The Balaban J connectivity index is 2.23. The molecule has 80 valence electrons. The molecule has 0 unspecified atom stereocenters. The third-order valence-corrected chi connectivity index (χ3v) is 2.78. The Bertz CT molecular complexity index is 254. The number of hydrogen-bond donors (Lipinski definition) is 3. The largest absolute Gasteiger partial charge is 0.481 e. The zero-order valence-electron chi connectivity index (χ0n) is 7.42. The quantitative estimate of drug-likeness (QED) is 0.498. The van der Waals surface area contributed by atoms with Crippen LogP contribution >= 0.6 is 0 Å². The molecule has 4 atom stereocenters. The summed E-state index contributed by atoms with van der Waals surface area (Å²) < 4.78 is 10.3. The molecule has 0 bridgehead atoms. The molecule has 6 heteroatoms. The Morgan fingerprint density at radius 2 is 2.14 bits per heavy atom. The average Bonchev–Trinajstić information content (AvgIpc) is 2.55. The molecule has 0 aromatic carbocycles. The van der Waals surface area contributed by atoms with Crippen LogP contribution in [0.25, 0.3) is 0 Å². The Morgan fingerprint density at radius 3 is 2.79 bits per heavy atom. The Morgan fingerprint density at radius 1 is 1.43 bits per heavy atom. The number of aliphatic hydroxyl groups excluding tert-OH is 2. The van der Waals surface area contributed by atoms with Crippen LogP contribution in [0.3, 0.4) is 0 Å². The van der Waals surface area contributed by atoms with E-state index >= 15 is 0 Å². The first kappa shape index (κ1) is 9.85. The highest BCUT2D eigenvalue weighted by molar-refractivity contribution is 5.68. The second-order valence-electron chi connectivity index (χ2n) is 3.67. The fourth-order valence-electron chi connectivity index (χ4n) is 2.12. The van der Waals surface area contributed by atoms with Crippen molar-refractivity contribution in [2.75, 3.05) is 13.2 Å². The van der Waals surface area contributed by atoms with E-state index in [-0.39, 0.29) is 19.6 Å². The van der Waals surface area contributed by atoms with Crippen LogP contribution in [0.2, 0.25) is 0 Å². The van der Waals surface area contributed by atoms with Crippen molar-refractivity contribution in [3.63, 3.8) is 0 Å². The van der Waals surface area contributed by atoms with Crippen LogP contribution in [0, 0.1) is 0 Å². The number of carboxylic acids is 1. The van der Waals surface area contributed by atoms with Gasteiger partial charge in [-0.3, -0.25) is 4.79 Å². The van der Waals surface area contributed by atoms with Crippen LogP contribution in [0.5, 0.6) is 0 Å². The lowest BCUT2D eigenvalue weighted by Gasteiger charge is -2.27. The van der Waals surface area contributed by atoms with Crippen LogP contribution in [0.4, 0.5) is 0 Å². The molecule has 3 N–H and O–H groups in total. The molecule has 0 aromatic rings. The van der Waals surface area contributed by atoms with Gasteiger partial charge in [0.05, 0.1) is 19.6 Å². The minimum absolute atomic E-state index is 0.00894. The molecule has 0 spiro atoms. The summed E-state index contributed by atoms with van der Waals surface area (Å²) in [5, 5.41) is 27.7. The minimum atomic E-state index is -1.26. The normalized spacial score (nSPS) is 46.6. The molecule has 0 radical (unpaired) electrons. The highest BCUT2D eigenvalue weighted by Gasteiger charge is 2.60. The zero-order chi connectivity index (χ0) is 10.3. The van der Waals surface area contributed by atoms with Crippen molar-refractivity contribution in [3.05, 3.63) is 0 Å². The van der Waals surface area contributed by atoms with Gasteiger partial charge in [0.15, 0.2) is 0 Å². The second kappa shape index (κ2) is 3.16. The van der Waals surface area contributed by atoms with E-state index in [2.05, 4.69) is 0 Å². The average molecular weight is 204 g/mol. The number of carboxylic acid groups (broad SMARTS) is 1. The molecule has 0 aromatic heterocycles. The standard InChI is InChI=1S/C8H12O6/c9-4-2-14-8(1-6(11)12)5(10)3-13-7(4)8/h4-5,7,9-10H,1-3H2,(H,11,12)/t4-,5+,7-,8-/m1/s1. The van der Waals surface area contributed by atoms with E-state index in [0.717, 1.165) is 0 Å². The van der Waals surface area contributed by atoms with E-state index in [1.165, 1.54) is 0 Å². The number of aliphatic hydroxyl groups is 2. The predicted molar refractivity (Wildman–Crippen MR) is 42.7 cm³/mol. The van der Waals surface area contributed by atoms with E-state index in [4.69, 9.17) is 14.6 Å². The van der Waals surface area contributed by atoms with E-state index in [1.807, 2.05) is 0 Å². The first-order valence-corrected chi connectivity index (χ1v) is 4.40. The van der Waals surface area contributed by atoms with Crippen molar-refractivity contribution in [1.29, 1.82) is 0 Å². The first-order valence-electron chi connectivity index (χ1n) is 4.40. The van der Waals surface area contributed by atoms with Gasteiger partial charge in [-0.15, -0.1) is 0 Å². The van der Waals surface area contributed by atoms with E-state index in [9.17, 15) is 15.0 Å². The Labute approximate surface area is 80.1 Å². The fraction of sp³-hybridized carbons (Fsp3) is 0.875. The van der Waals surface area contributed by atoms with Crippen molar-refractivity contribution < 1.29 is 29.6 Å². The minimum Gasteiger partial charge on any atom is -0.481 e. The molecule has 6 nitrogen and oxygen atoms in total. The maximum atomic E-state index is 10.6. The number of aliphatic carboxylic acids is 1. The molecule has 14 heavy (non-hydrogen) atoms. The van der Waals surface area contributed by atoms with E-state index < -0.39 is 29.9 Å². The van der Waals surface area contributed by atoms with Gasteiger partial charge in [0.1, 0.15) is 23.9 Å². The SMILES string of the molecule is O=C(O)C[C@]12OC[C@@H](O)[C@H]1OC[C@@H]2O. The topological polar surface area (TPSA) is 96.2 Å². The van der Waals surface area contributed by atoms with E-state index in [0.29, 0.717) is 0 Å². The van der Waals surface area contributed by atoms with Crippen LogP contribution in [-0.2, 0) is 14.3 Å². The lowest BCUT2D eigenvalue weighted by atomic mass is 9.89. The number of ether oxygens (including phenoxy) is 2. The maximum absolute atomic E-state index is 10.6. The van der Waals surface area contributed by atoms with Gasteiger partial charge in [0, 0.05) is 0 Å². The number of rotatable bonds is 2. The van der Waals surface area contributed by atoms with Gasteiger partial charge in [-0.1, -0.05) is 0 Å². The van der Waals surface area contributed by atoms with Crippen LogP contribution in [0.15, 0.2) is 0 Å². The first-order chi connectivity index (χ1) is 6.56. The Hall–Kier alpha value is -0.690. The summed E-state index contributed by atoms with van der Waals surface area (Å²) in [7, 11) is 0. The summed E-state index contributed by atoms with van der Waals surface area (Å²) >= 11 is 0. The summed E-state index contributed by atoms with van der Waals surface area (Å²) in [5.41, 5.74) is -1.26. The van der Waals surface area contributed by atoms with Gasteiger partial charge >= 0.3 is 5.97 Å². The highest BCUT2D eigenvalue weighted by Crippen LogP contribution is 2.40. The summed E-state index contributed by atoms with van der Waals surface area (Å²) in [5.74, 6) is -1.08. The summed E-state index contributed by atoms with van der Waals surface area (Å²) in [6.07, 6.45) is -2.92. The Kier molecular flexibility index (Phi) is 2.23. The molecule has 0 saturated carbocycles. The summed E-state index contributed by atoms with van der Waals surface area (Å²) in [6.45, 7) is 0.0179. The lowest BCUT2D eigenvalue weighted by molar-refractivity contribution is -0.149. The molecule has 2 fully saturated rings. The number of hydrogen-bond acceptors (Lipinski definition) is 5. The van der Waals surface area contributed by atoms with Gasteiger partial charge in [-0.25, -0.2) is 0 Å². The van der Waals surface area contributed by atoms with E-state index in [1.54, 1.807) is 0 Å². The van der Waals surface area contributed by atoms with Crippen molar-refractivity contribution in [3.8, 4) is 0 Å². The molecule has 2 rings (SSSR count). The summed E-state index contributed by atoms with van der Waals surface area (Å²) in [6, 6.07) is 0. The van der Waals surface area contributed by atoms with Crippen LogP contribution in [0.1, 0.15) is 6.42 Å². The third-order valence-electron chi connectivity index (χ3n) is 2.78. The van der Waals surface area contributed by atoms with Gasteiger partial charge in [0.25, 0.3) is 0 Å². The molecule has 2 heterocycles. The third kappa shape index (κ3) is 1.23.